The standard InChI is InChI=1S/C15H21NO3S/c1-12(2)10-19-15(18)16(3)9-13-8-14(20-11-13)6-4-5-7-17/h8,11-12,17H,5,7,9-10H2,1-3H3. The van der Waals surface area contributed by atoms with E-state index in [0.29, 0.717) is 25.5 Å². The van der Waals surface area contributed by atoms with Crippen LogP contribution in [0.25, 0.3) is 0 Å². The molecule has 1 N–H and O–H groups in total. The van der Waals surface area contributed by atoms with E-state index in [2.05, 4.69) is 11.8 Å². The average molecular weight is 295 g/mol. The molecule has 4 nitrogen and oxygen atoms in total. The molecule has 0 spiro atoms. The van der Waals surface area contributed by atoms with E-state index < -0.39 is 0 Å². The summed E-state index contributed by atoms with van der Waals surface area (Å²) in [4.78, 5) is 14.2. The quantitative estimate of drug-likeness (QED) is 0.850. The van der Waals surface area contributed by atoms with Gasteiger partial charge in [0.15, 0.2) is 0 Å². The maximum atomic E-state index is 11.7. The van der Waals surface area contributed by atoms with Crippen LogP contribution in [0.1, 0.15) is 30.7 Å². The van der Waals surface area contributed by atoms with Crippen molar-refractivity contribution in [3.05, 3.63) is 21.9 Å². The lowest BCUT2D eigenvalue weighted by atomic mass is 10.2. The number of hydrogen-bond donors (Lipinski definition) is 1. The fourth-order valence-corrected chi connectivity index (χ4v) is 2.19. The van der Waals surface area contributed by atoms with Gasteiger partial charge in [-0.1, -0.05) is 25.7 Å². The topological polar surface area (TPSA) is 49.8 Å². The number of carbonyl (C=O) groups is 1. The predicted molar refractivity (Wildman–Crippen MR) is 80.6 cm³/mol. The van der Waals surface area contributed by atoms with Crippen LogP contribution in [-0.4, -0.2) is 36.4 Å². The fourth-order valence-electron chi connectivity index (χ4n) is 1.42. The Balaban J connectivity index is 2.48. The van der Waals surface area contributed by atoms with Crippen molar-refractivity contribution in [2.75, 3.05) is 20.3 Å². The third-order valence-electron chi connectivity index (χ3n) is 2.37. The highest BCUT2D eigenvalue weighted by atomic mass is 32.1. The van der Waals surface area contributed by atoms with Crippen molar-refractivity contribution in [2.24, 2.45) is 5.92 Å². The van der Waals surface area contributed by atoms with Crippen molar-refractivity contribution in [1.82, 2.24) is 4.90 Å². The molecule has 1 amide bonds. The number of amides is 1. The Morgan fingerprint density at radius 1 is 1.55 bits per heavy atom. The molecule has 0 atom stereocenters. The zero-order valence-corrected chi connectivity index (χ0v) is 13.0. The molecule has 0 fully saturated rings. The molecule has 110 valence electrons. The number of nitrogens with zero attached hydrogens (tertiary/aromatic N) is 1. The fraction of sp³-hybridized carbons (Fsp3) is 0.533. The lowest BCUT2D eigenvalue weighted by molar-refractivity contribution is 0.0980. The minimum absolute atomic E-state index is 0.0790. The normalized spacial score (nSPS) is 10.1. The summed E-state index contributed by atoms with van der Waals surface area (Å²) in [5.74, 6) is 6.20. The van der Waals surface area contributed by atoms with Crippen molar-refractivity contribution in [2.45, 2.75) is 26.8 Å². The van der Waals surface area contributed by atoms with Crippen LogP contribution in [0.15, 0.2) is 11.4 Å². The van der Waals surface area contributed by atoms with Gasteiger partial charge in [0.2, 0.25) is 0 Å². The Bertz CT molecular complexity index is 485. The molecule has 0 saturated heterocycles. The van der Waals surface area contributed by atoms with Gasteiger partial charge >= 0.3 is 6.09 Å². The first-order chi connectivity index (χ1) is 9.52. The number of carbonyl (C=O) groups excluding carboxylic acids is 1. The Morgan fingerprint density at radius 3 is 2.95 bits per heavy atom. The number of rotatable bonds is 5. The summed E-state index contributed by atoms with van der Waals surface area (Å²) in [6.45, 7) is 5.03. The molecule has 0 saturated carbocycles. The molecule has 0 unspecified atom stereocenters. The summed E-state index contributed by atoms with van der Waals surface area (Å²) in [5, 5.41) is 10.6. The maximum Gasteiger partial charge on any atom is 0.409 e. The predicted octanol–water partition coefficient (Wildman–Crippen LogP) is 2.71. The maximum absolute atomic E-state index is 11.7. The van der Waals surface area contributed by atoms with Gasteiger partial charge in [-0.05, 0) is 22.9 Å². The van der Waals surface area contributed by atoms with Gasteiger partial charge in [-0.25, -0.2) is 4.79 Å². The molecule has 0 aromatic carbocycles. The van der Waals surface area contributed by atoms with Crippen molar-refractivity contribution in [1.29, 1.82) is 0 Å². The molecule has 1 aromatic heterocycles. The van der Waals surface area contributed by atoms with Gasteiger partial charge in [0.05, 0.1) is 18.1 Å². The van der Waals surface area contributed by atoms with Crippen LogP contribution in [0, 0.1) is 17.8 Å². The smallest absolute Gasteiger partial charge is 0.409 e. The Morgan fingerprint density at radius 2 is 2.30 bits per heavy atom. The lowest BCUT2D eigenvalue weighted by Gasteiger charge is -2.17. The van der Waals surface area contributed by atoms with Gasteiger partial charge in [-0.3, -0.25) is 0 Å². The minimum atomic E-state index is -0.308. The first-order valence-corrected chi connectivity index (χ1v) is 7.46. The van der Waals surface area contributed by atoms with Gasteiger partial charge in [-0.15, -0.1) is 11.3 Å². The second-order valence-corrected chi connectivity index (χ2v) is 5.83. The molecule has 5 heteroatoms. The van der Waals surface area contributed by atoms with E-state index in [0.717, 1.165) is 10.4 Å². The number of aliphatic hydroxyl groups is 1. The summed E-state index contributed by atoms with van der Waals surface area (Å²) >= 11 is 1.54. The van der Waals surface area contributed by atoms with Gasteiger partial charge in [0, 0.05) is 20.0 Å². The molecular weight excluding hydrogens is 274 g/mol. The Labute approximate surface area is 124 Å². The highest BCUT2D eigenvalue weighted by Gasteiger charge is 2.11. The zero-order chi connectivity index (χ0) is 15.0. The van der Waals surface area contributed by atoms with Crippen LogP contribution in [0.5, 0.6) is 0 Å². The molecule has 1 heterocycles. The molecule has 20 heavy (non-hydrogen) atoms. The summed E-state index contributed by atoms with van der Waals surface area (Å²) in [7, 11) is 1.72. The first kappa shape index (κ1) is 16.5. The van der Waals surface area contributed by atoms with Crippen LogP contribution >= 0.6 is 11.3 Å². The Kier molecular flexibility index (Phi) is 7.13. The zero-order valence-electron chi connectivity index (χ0n) is 12.2. The number of aliphatic hydroxyl groups excluding tert-OH is 1. The molecule has 0 bridgehead atoms. The SMILES string of the molecule is CC(C)COC(=O)N(C)Cc1csc(C#CCCO)c1. The van der Waals surface area contributed by atoms with E-state index in [1.807, 2.05) is 25.3 Å². The number of ether oxygens (including phenoxy) is 1. The lowest BCUT2D eigenvalue weighted by Crippen LogP contribution is -2.27. The van der Waals surface area contributed by atoms with E-state index in [-0.39, 0.29) is 12.7 Å². The van der Waals surface area contributed by atoms with Crippen molar-refractivity contribution in [3.63, 3.8) is 0 Å². The van der Waals surface area contributed by atoms with Gasteiger partial charge < -0.3 is 14.7 Å². The average Bonchev–Trinajstić information content (AvgIpc) is 2.83. The largest absolute Gasteiger partial charge is 0.449 e. The second kappa shape index (κ2) is 8.62. The molecule has 0 radical (unpaired) electrons. The van der Waals surface area contributed by atoms with E-state index in [9.17, 15) is 4.79 Å². The van der Waals surface area contributed by atoms with Crippen LogP contribution in [0.3, 0.4) is 0 Å². The van der Waals surface area contributed by atoms with E-state index in [1.165, 1.54) is 11.3 Å². The van der Waals surface area contributed by atoms with Crippen LogP contribution in [0.4, 0.5) is 4.79 Å². The molecule has 1 rings (SSSR count). The highest BCUT2D eigenvalue weighted by molar-refractivity contribution is 7.10. The molecule has 0 aliphatic heterocycles. The van der Waals surface area contributed by atoms with Gasteiger partial charge in [0.1, 0.15) is 0 Å². The van der Waals surface area contributed by atoms with E-state index in [1.54, 1.807) is 11.9 Å². The highest BCUT2D eigenvalue weighted by Crippen LogP contribution is 2.15. The third-order valence-corrected chi connectivity index (χ3v) is 3.27. The molecule has 0 aliphatic rings. The van der Waals surface area contributed by atoms with Crippen molar-refractivity contribution < 1.29 is 14.6 Å². The summed E-state index contributed by atoms with van der Waals surface area (Å²) < 4.78 is 5.16. The van der Waals surface area contributed by atoms with E-state index in [4.69, 9.17) is 9.84 Å². The Hall–Kier alpha value is -1.51. The second-order valence-electron chi connectivity index (χ2n) is 4.92. The first-order valence-electron chi connectivity index (χ1n) is 6.58. The number of thiophene rings is 1. The van der Waals surface area contributed by atoms with E-state index >= 15 is 0 Å². The summed E-state index contributed by atoms with van der Waals surface area (Å²) in [6.07, 6.45) is 0.173. The van der Waals surface area contributed by atoms with Gasteiger partial charge in [0.25, 0.3) is 0 Å². The van der Waals surface area contributed by atoms with Crippen molar-refractivity contribution in [3.8, 4) is 11.8 Å². The van der Waals surface area contributed by atoms with Crippen LogP contribution < -0.4 is 0 Å². The summed E-state index contributed by atoms with van der Waals surface area (Å²) in [5.41, 5.74) is 1.03. The third kappa shape index (κ3) is 6.09. The van der Waals surface area contributed by atoms with Crippen molar-refractivity contribution >= 4 is 17.4 Å². The summed E-state index contributed by atoms with van der Waals surface area (Å²) in [6, 6.07) is 1.96. The number of hydrogen-bond acceptors (Lipinski definition) is 4. The monoisotopic (exact) mass is 295 g/mol. The van der Waals surface area contributed by atoms with Crippen LogP contribution in [0.2, 0.25) is 0 Å². The minimum Gasteiger partial charge on any atom is -0.449 e. The molecular formula is C15H21NO3S. The molecule has 0 aliphatic carbocycles. The van der Waals surface area contributed by atoms with Crippen LogP contribution in [-0.2, 0) is 11.3 Å². The molecule has 1 aromatic rings. The van der Waals surface area contributed by atoms with Gasteiger partial charge in [-0.2, -0.15) is 0 Å².